The molecule has 0 saturated heterocycles. The number of carbonyl (C=O) groups is 2. The molecule has 3 heteroatoms. The van der Waals surface area contributed by atoms with Gasteiger partial charge in [-0.3, -0.25) is 9.59 Å². The molecular formula is C21H33NO2. The highest BCUT2D eigenvalue weighted by atomic mass is 16.1. The van der Waals surface area contributed by atoms with E-state index in [0.29, 0.717) is 19.3 Å². The molecule has 1 aromatic rings. The lowest BCUT2D eigenvalue weighted by Crippen LogP contribution is -2.24. The van der Waals surface area contributed by atoms with E-state index >= 15 is 0 Å². The van der Waals surface area contributed by atoms with Crippen molar-refractivity contribution in [2.45, 2.75) is 77.6 Å². The topological polar surface area (TPSA) is 46.2 Å². The summed E-state index contributed by atoms with van der Waals surface area (Å²) in [5.41, 5.74) is 0.733. The molecule has 0 aliphatic heterocycles. The van der Waals surface area contributed by atoms with Crippen LogP contribution in [0.25, 0.3) is 0 Å². The van der Waals surface area contributed by atoms with Crippen molar-refractivity contribution < 1.29 is 9.59 Å². The van der Waals surface area contributed by atoms with Crippen LogP contribution in [0.1, 0.15) is 87.9 Å². The van der Waals surface area contributed by atoms with E-state index in [2.05, 4.69) is 12.2 Å². The van der Waals surface area contributed by atoms with E-state index in [-0.39, 0.29) is 11.7 Å². The second-order valence-electron chi connectivity index (χ2n) is 6.47. The van der Waals surface area contributed by atoms with Crippen LogP contribution in [0.3, 0.4) is 0 Å². The first-order valence-electron chi connectivity index (χ1n) is 9.59. The van der Waals surface area contributed by atoms with Gasteiger partial charge in [-0.05, 0) is 12.8 Å². The molecule has 0 atom stereocenters. The number of hydrogen-bond donors (Lipinski definition) is 1. The third kappa shape index (κ3) is 10.2. The van der Waals surface area contributed by atoms with Crippen LogP contribution in [0.4, 0.5) is 0 Å². The number of unbranched alkanes of at least 4 members (excludes halogenated alkanes) is 7. The van der Waals surface area contributed by atoms with E-state index in [1.165, 1.54) is 44.9 Å². The largest absolute Gasteiger partial charge is 0.356 e. The molecule has 0 unspecified atom stereocenters. The first-order chi connectivity index (χ1) is 11.7. The summed E-state index contributed by atoms with van der Waals surface area (Å²) in [6.07, 6.45) is 11.7. The molecule has 0 heterocycles. The standard InChI is InChI=1S/C21H33NO2/c1-2-3-4-5-6-7-8-12-18-22-21(24)17-13-16-20(23)19-14-10-9-11-15-19/h9-11,14-15H,2-8,12-13,16-18H2,1H3,(H,22,24). The second kappa shape index (κ2) is 13.8. The Morgan fingerprint density at radius 1 is 0.792 bits per heavy atom. The van der Waals surface area contributed by atoms with Crippen molar-refractivity contribution in [2.75, 3.05) is 6.54 Å². The van der Waals surface area contributed by atoms with Crippen LogP contribution >= 0.6 is 0 Å². The Balaban J connectivity index is 1.94. The minimum atomic E-state index is 0.0683. The molecule has 0 aliphatic carbocycles. The van der Waals surface area contributed by atoms with Crippen molar-refractivity contribution in [3.8, 4) is 0 Å². The summed E-state index contributed by atoms with van der Waals surface area (Å²) in [5, 5.41) is 2.96. The van der Waals surface area contributed by atoms with Gasteiger partial charge in [-0.25, -0.2) is 0 Å². The minimum Gasteiger partial charge on any atom is -0.356 e. The van der Waals surface area contributed by atoms with Crippen LogP contribution in [0.15, 0.2) is 30.3 Å². The monoisotopic (exact) mass is 331 g/mol. The molecule has 24 heavy (non-hydrogen) atoms. The third-order valence-corrected chi connectivity index (χ3v) is 4.26. The fraction of sp³-hybridized carbons (Fsp3) is 0.619. The van der Waals surface area contributed by atoms with E-state index in [1.54, 1.807) is 0 Å². The zero-order valence-corrected chi connectivity index (χ0v) is 15.2. The molecule has 1 aromatic carbocycles. The average molecular weight is 332 g/mol. The van der Waals surface area contributed by atoms with Crippen LogP contribution in [-0.4, -0.2) is 18.2 Å². The van der Waals surface area contributed by atoms with Crippen molar-refractivity contribution in [1.29, 1.82) is 0 Å². The summed E-state index contributed by atoms with van der Waals surface area (Å²) in [5.74, 6) is 0.185. The Kier molecular flexibility index (Phi) is 11.7. The zero-order valence-electron chi connectivity index (χ0n) is 15.2. The highest BCUT2D eigenvalue weighted by molar-refractivity contribution is 5.96. The normalized spacial score (nSPS) is 10.5. The second-order valence-corrected chi connectivity index (χ2v) is 6.47. The van der Waals surface area contributed by atoms with Crippen LogP contribution in [0.2, 0.25) is 0 Å². The van der Waals surface area contributed by atoms with Crippen LogP contribution < -0.4 is 5.32 Å². The molecule has 0 aromatic heterocycles. The maximum absolute atomic E-state index is 11.9. The maximum Gasteiger partial charge on any atom is 0.220 e. The lowest BCUT2D eigenvalue weighted by molar-refractivity contribution is -0.121. The Morgan fingerprint density at radius 3 is 2.08 bits per heavy atom. The lowest BCUT2D eigenvalue weighted by Gasteiger charge is -2.05. The first-order valence-corrected chi connectivity index (χ1v) is 9.59. The number of rotatable bonds is 14. The number of hydrogen-bond acceptors (Lipinski definition) is 2. The van der Waals surface area contributed by atoms with E-state index in [0.717, 1.165) is 18.5 Å². The predicted molar refractivity (Wildman–Crippen MR) is 100 cm³/mol. The number of Topliss-reactive ketones (excluding diaryl/α,β-unsaturated/α-hetero) is 1. The average Bonchev–Trinajstić information content (AvgIpc) is 2.61. The lowest BCUT2D eigenvalue weighted by atomic mass is 10.1. The zero-order chi connectivity index (χ0) is 17.5. The molecular weight excluding hydrogens is 298 g/mol. The SMILES string of the molecule is CCCCCCCCCCNC(=O)CCCC(=O)c1ccccc1. The van der Waals surface area contributed by atoms with Crippen LogP contribution in [-0.2, 0) is 4.79 Å². The summed E-state index contributed by atoms with van der Waals surface area (Å²) in [6, 6.07) is 9.28. The van der Waals surface area contributed by atoms with Gasteiger partial charge in [-0.2, -0.15) is 0 Å². The van der Waals surface area contributed by atoms with Gasteiger partial charge >= 0.3 is 0 Å². The molecule has 0 bridgehead atoms. The fourth-order valence-corrected chi connectivity index (χ4v) is 2.75. The highest BCUT2D eigenvalue weighted by Crippen LogP contribution is 2.08. The summed E-state index contributed by atoms with van der Waals surface area (Å²) < 4.78 is 0. The smallest absolute Gasteiger partial charge is 0.220 e. The predicted octanol–water partition coefficient (Wildman–Crippen LogP) is 5.30. The van der Waals surface area contributed by atoms with Gasteiger partial charge in [-0.15, -0.1) is 0 Å². The van der Waals surface area contributed by atoms with Crippen molar-refractivity contribution in [3.63, 3.8) is 0 Å². The van der Waals surface area contributed by atoms with E-state index in [9.17, 15) is 9.59 Å². The van der Waals surface area contributed by atoms with Gasteiger partial charge < -0.3 is 5.32 Å². The Morgan fingerprint density at radius 2 is 1.42 bits per heavy atom. The summed E-state index contributed by atoms with van der Waals surface area (Å²) in [7, 11) is 0. The molecule has 3 nitrogen and oxygen atoms in total. The van der Waals surface area contributed by atoms with Crippen LogP contribution in [0, 0.1) is 0 Å². The molecule has 0 spiro atoms. The van der Waals surface area contributed by atoms with E-state index < -0.39 is 0 Å². The molecule has 0 aliphatic rings. The Labute approximate surface area is 147 Å². The molecule has 0 fully saturated rings. The van der Waals surface area contributed by atoms with Gasteiger partial charge in [0, 0.05) is 24.9 Å². The highest BCUT2D eigenvalue weighted by Gasteiger charge is 2.06. The van der Waals surface area contributed by atoms with Crippen molar-refractivity contribution >= 4 is 11.7 Å². The number of nitrogens with one attached hydrogen (secondary N) is 1. The first kappa shape index (κ1) is 20.4. The summed E-state index contributed by atoms with van der Waals surface area (Å²) in [6.45, 7) is 3.00. The fourth-order valence-electron chi connectivity index (χ4n) is 2.75. The summed E-state index contributed by atoms with van der Waals surface area (Å²) >= 11 is 0. The van der Waals surface area contributed by atoms with Crippen molar-refractivity contribution in [3.05, 3.63) is 35.9 Å². The van der Waals surface area contributed by atoms with Gasteiger partial charge in [-0.1, -0.05) is 82.2 Å². The van der Waals surface area contributed by atoms with Gasteiger partial charge in [0.1, 0.15) is 0 Å². The number of carbonyl (C=O) groups excluding carboxylic acids is 2. The number of amides is 1. The summed E-state index contributed by atoms with van der Waals surface area (Å²) in [4.78, 5) is 23.7. The third-order valence-electron chi connectivity index (χ3n) is 4.26. The molecule has 1 N–H and O–H groups in total. The Hall–Kier alpha value is -1.64. The molecule has 0 saturated carbocycles. The van der Waals surface area contributed by atoms with Crippen molar-refractivity contribution in [2.24, 2.45) is 0 Å². The van der Waals surface area contributed by atoms with Gasteiger partial charge in [0.2, 0.25) is 5.91 Å². The van der Waals surface area contributed by atoms with Gasteiger partial charge in [0.05, 0.1) is 0 Å². The van der Waals surface area contributed by atoms with Crippen molar-refractivity contribution in [1.82, 2.24) is 5.32 Å². The van der Waals surface area contributed by atoms with Gasteiger partial charge in [0.15, 0.2) is 5.78 Å². The van der Waals surface area contributed by atoms with E-state index in [4.69, 9.17) is 0 Å². The van der Waals surface area contributed by atoms with Gasteiger partial charge in [0.25, 0.3) is 0 Å². The maximum atomic E-state index is 11.9. The quantitative estimate of drug-likeness (QED) is 0.371. The molecule has 134 valence electrons. The number of benzene rings is 1. The van der Waals surface area contributed by atoms with Crippen LogP contribution in [0.5, 0.6) is 0 Å². The molecule has 1 rings (SSSR count). The van der Waals surface area contributed by atoms with E-state index in [1.807, 2.05) is 30.3 Å². The molecule has 1 amide bonds. The molecule has 0 radical (unpaired) electrons. The minimum absolute atomic E-state index is 0.0683. The number of ketones is 1. The Bertz CT molecular complexity index is 456.